The summed E-state index contributed by atoms with van der Waals surface area (Å²) in [6.07, 6.45) is 3.99. The highest BCUT2D eigenvalue weighted by molar-refractivity contribution is 5.75. The predicted molar refractivity (Wildman–Crippen MR) is 59.6 cm³/mol. The number of rotatable bonds is 5. The molecule has 1 amide bonds. The van der Waals surface area contributed by atoms with Gasteiger partial charge in [0.05, 0.1) is 6.61 Å². The maximum Gasteiger partial charge on any atom is 0.221 e. The molecule has 4 nitrogen and oxygen atoms in total. The molecule has 1 saturated heterocycles. The van der Waals surface area contributed by atoms with E-state index in [2.05, 4.69) is 10.2 Å². The summed E-state index contributed by atoms with van der Waals surface area (Å²) < 4.78 is 0. The molecule has 1 atom stereocenters. The van der Waals surface area contributed by atoms with Crippen molar-refractivity contribution in [3.63, 3.8) is 0 Å². The summed E-state index contributed by atoms with van der Waals surface area (Å²) in [5.74, 6) is 0.111. The predicted octanol–water partition coefficient (Wildman–Crippen LogP) is 0.359. The average molecular weight is 214 g/mol. The number of piperidine rings is 1. The maximum atomic E-state index is 11.3. The minimum atomic E-state index is 0.111. The number of hydrogen-bond donors (Lipinski definition) is 2. The van der Waals surface area contributed by atoms with Crippen LogP contribution in [-0.4, -0.2) is 48.2 Å². The van der Waals surface area contributed by atoms with Crippen LogP contribution in [0.25, 0.3) is 0 Å². The molecule has 1 rings (SSSR count). The second-order valence-electron chi connectivity index (χ2n) is 4.07. The van der Waals surface area contributed by atoms with E-state index in [1.54, 1.807) is 0 Å². The van der Waals surface area contributed by atoms with Gasteiger partial charge < -0.3 is 10.4 Å². The second-order valence-corrected chi connectivity index (χ2v) is 4.07. The van der Waals surface area contributed by atoms with Crippen LogP contribution in [0.4, 0.5) is 0 Å². The standard InChI is InChI=1S/C11H22N2O2/c1-2-12-11(15)6-8-13-7-4-3-5-10(13)9-14/h10,14H,2-9H2,1H3,(H,12,15). The van der Waals surface area contributed by atoms with Crippen LogP contribution in [0, 0.1) is 0 Å². The van der Waals surface area contributed by atoms with Crippen LogP contribution in [0.3, 0.4) is 0 Å². The highest BCUT2D eigenvalue weighted by Crippen LogP contribution is 2.16. The van der Waals surface area contributed by atoms with Crippen molar-refractivity contribution in [3.05, 3.63) is 0 Å². The lowest BCUT2D eigenvalue weighted by Gasteiger charge is -2.34. The number of carbonyl (C=O) groups excluding carboxylic acids is 1. The Morgan fingerprint density at radius 1 is 1.53 bits per heavy atom. The maximum absolute atomic E-state index is 11.3. The van der Waals surface area contributed by atoms with E-state index in [1.807, 2.05) is 6.92 Å². The number of carbonyl (C=O) groups is 1. The van der Waals surface area contributed by atoms with Gasteiger partial charge in [-0.3, -0.25) is 9.69 Å². The fourth-order valence-electron chi connectivity index (χ4n) is 2.09. The van der Waals surface area contributed by atoms with Gasteiger partial charge in [0.2, 0.25) is 5.91 Å². The summed E-state index contributed by atoms with van der Waals surface area (Å²) >= 11 is 0. The van der Waals surface area contributed by atoms with E-state index < -0.39 is 0 Å². The number of likely N-dealkylation sites (tertiary alicyclic amines) is 1. The van der Waals surface area contributed by atoms with Crippen molar-refractivity contribution < 1.29 is 9.90 Å². The fourth-order valence-corrected chi connectivity index (χ4v) is 2.09. The molecule has 15 heavy (non-hydrogen) atoms. The van der Waals surface area contributed by atoms with Crippen molar-refractivity contribution in [2.45, 2.75) is 38.6 Å². The molecule has 2 N–H and O–H groups in total. The average Bonchev–Trinajstić information content (AvgIpc) is 2.27. The Hall–Kier alpha value is -0.610. The summed E-state index contributed by atoms with van der Waals surface area (Å²) in [4.78, 5) is 13.5. The normalized spacial score (nSPS) is 22.7. The molecule has 1 aliphatic heterocycles. The van der Waals surface area contributed by atoms with Crippen LogP contribution in [0.2, 0.25) is 0 Å². The molecule has 0 aliphatic carbocycles. The summed E-state index contributed by atoms with van der Waals surface area (Å²) in [5, 5.41) is 12.0. The summed E-state index contributed by atoms with van der Waals surface area (Å²) in [7, 11) is 0. The Labute approximate surface area is 91.6 Å². The first-order valence-electron chi connectivity index (χ1n) is 5.89. The number of amides is 1. The van der Waals surface area contributed by atoms with Crippen molar-refractivity contribution in [2.24, 2.45) is 0 Å². The van der Waals surface area contributed by atoms with Crippen LogP contribution < -0.4 is 5.32 Å². The third-order valence-corrected chi connectivity index (χ3v) is 2.96. The number of nitrogens with one attached hydrogen (secondary N) is 1. The Kier molecular flexibility index (Phi) is 5.65. The van der Waals surface area contributed by atoms with Crippen molar-refractivity contribution in [3.8, 4) is 0 Å². The molecule has 1 heterocycles. The lowest BCUT2D eigenvalue weighted by atomic mass is 10.0. The lowest BCUT2D eigenvalue weighted by molar-refractivity contribution is -0.121. The first-order valence-corrected chi connectivity index (χ1v) is 5.89. The van der Waals surface area contributed by atoms with Crippen molar-refractivity contribution in [1.29, 1.82) is 0 Å². The SMILES string of the molecule is CCNC(=O)CCN1CCCCC1CO. The summed E-state index contributed by atoms with van der Waals surface area (Å²) in [6, 6.07) is 0.271. The summed E-state index contributed by atoms with van der Waals surface area (Å²) in [6.45, 7) is 4.63. The first kappa shape index (κ1) is 12.5. The van der Waals surface area contributed by atoms with Gasteiger partial charge in [0.1, 0.15) is 0 Å². The quantitative estimate of drug-likeness (QED) is 0.695. The molecule has 0 spiro atoms. The van der Waals surface area contributed by atoms with Crippen LogP contribution >= 0.6 is 0 Å². The van der Waals surface area contributed by atoms with E-state index in [1.165, 1.54) is 12.8 Å². The Morgan fingerprint density at radius 2 is 2.33 bits per heavy atom. The molecule has 4 heteroatoms. The molecule has 0 aromatic carbocycles. The number of nitrogens with zero attached hydrogens (tertiary/aromatic N) is 1. The monoisotopic (exact) mass is 214 g/mol. The molecule has 1 unspecified atom stereocenters. The van der Waals surface area contributed by atoms with Gasteiger partial charge in [-0.05, 0) is 26.3 Å². The molecule has 1 aliphatic rings. The number of hydrogen-bond acceptors (Lipinski definition) is 3. The molecule has 1 fully saturated rings. The minimum Gasteiger partial charge on any atom is -0.395 e. The largest absolute Gasteiger partial charge is 0.395 e. The topological polar surface area (TPSA) is 52.6 Å². The molecule has 0 bridgehead atoms. The first-order chi connectivity index (χ1) is 7.27. The fraction of sp³-hybridized carbons (Fsp3) is 0.909. The number of aliphatic hydroxyl groups excluding tert-OH is 1. The zero-order valence-corrected chi connectivity index (χ0v) is 9.54. The third-order valence-electron chi connectivity index (χ3n) is 2.96. The molecule has 88 valence electrons. The Morgan fingerprint density at radius 3 is 3.00 bits per heavy atom. The zero-order chi connectivity index (χ0) is 11.1. The van der Waals surface area contributed by atoms with Gasteiger partial charge in [-0.25, -0.2) is 0 Å². The van der Waals surface area contributed by atoms with Gasteiger partial charge in [0, 0.05) is 25.6 Å². The third kappa shape index (κ3) is 4.18. The molecular weight excluding hydrogens is 192 g/mol. The van der Waals surface area contributed by atoms with Gasteiger partial charge in [0.15, 0.2) is 0 Å². The Balaban J connectivity index is 2.26. The van der Waals surface area contributed by atoms with Crippen LogP contribution in [0.1, 0.15) is 32.6 Å². The number of aliphatic hydroxyl groups is 1. The van der Waals surface area contributed by atoms with Crippen LogP contribution in [0.15, 0.2) is 0 Å². The molecule has 0 aromatic heterocycles. The zero-order valence-electron chi connectivity index (χ0n) is 9.54. The molecule has 0 saturated carbocycles. The van der Waals surface area contributed by atoms with Gasteiger partial charge in [-0.1, -0.05) is 6.42 Å². The van der Waals surface area contributed by atoms with E-state index in [0.29, 0.717) is 13.0 Å². The van der Waals surface area contributed by atoms with E-state index in [4.69, 9.17) is 0 Å². The lowest BCUT2D eigenvalue weighted by Crippen LogP contribution is -2.43. The summed E-state index contributed by atoms with van der Waals surface area (Å²) in [5.41, 5.74) is 0. The van der Waals surface area contributed by atoms with Gasteiger partial charge >= 0.3 is 0 Å². The highest BCUT2D eigenvalue weighted by Gasteiger charge is 2.21. The highest BCUT2D eigenvalue weighted by atomic mass is 16.3. The van der Waals surface area contributed by atoms with Crippen LogP contribution in [0.5, 0.6) is 0 Å². The van der Waals surface area contributed by atoms with E-state index in [0.717, 1.165) is 19.5 Å². The Bertz CT molecular complexity index is 197. The van der Waals surface area contributed by atoms with Crippen LogP contribution in [-0.2, 0) is 4.79 Å². The van der Waals surface area contributed by atoms with E-state index in [9.17, 15) is 9.90 Å². The van der Waals surface area contributed by atoms with Crippen molar-refractivity contribution in [2.75, 3.05) is 26.2 Å². The van der Waals surface area contributed by atoms with Crippen molar-refractivity contribution in [1.82, 2.24) is 10.2 Å². The van der Waals surface area contributed by atoms with E-state index >= 15 is 0 Å². The second kappa shape index (κ2) is 6.80. The van der Waals surface area contributed by atoms with Gasteiger partial charge in [-0.15, -0.1) is 0 Å². The van der Waals surface area contributed by atoms with Crippen molar-refractivity contribution >= 4 is 5.91 Å². The van der Waals surface area contributed by atoms with E-state index in [-0.39, 0.29) is 18.6 Å². The minimum absolute atomic E-state index is 0.111. The van der Waals surface area contributed by atoms with Gasteiger partial charge in [-0.2, -0.15) is 0 Å². The smallest absolute Gasteiger partial charge is 0.221 e. The molecule has 0 aromatic rings. The molecular formula is C11H22N2O2. The molecule has 0 radical (unpaired) electrons. The van der Waals surface area contributed by atoms with Gasteiger partial charge in [0.25, 0.3) is 0 Å².